The number of nitrogens with zero attached hydrogens (tertiary/aromatic N) is 4. The molecule has 0 N–H and O–H groups in total. The van der Waals surface area contributed by atoms with Crippen LogP contribution in [0, 0.1) is 13.8 Å². The molecule has 1 aliphatic rings. The molecule has 0 spiro atoms. The summed E-state index contributed by atoms with van der Waals surface area (Å²) < 4.78 is 7.34. The second-order valence-corrected chi connectivity index (χ2v) is 7.75. The number of ether oxygens (including phenoxy) is 1. The predicted molar refractivity (Wildman–Crippen MR) is 119 cm³/mol. The highest BCUT2D eigenvalue weighted by molar-refractivity contribution is 5.59. The van der Waals surface area contributed by atoms with E-state index in [1.165, 1.54) is 5.56 Å². The van der Waals surface area contributed by atoms with Crippen molar-refractivity contribution in [1.29, 1.82) is 0 Å². The molecule has 3 aromatic rings. The monoisotopic (exact) mass is 404 g/mol. The van der Waals surface area contributed by atoms with Crippen molar-refractivity contribution in [2.45, 2.75) is 40.4 Å². The summed E-state index contributed by atoms with van der Waals surface area (Å²) in [5, 5.41) is 0. The Labute approximate surface area is 177 Å². The second kappa shape index (κ2) is 8.32. The van der Waals surface area contributed by atoms with Gasteiger partial charge < -0.3 is 4.74 Å². The van der Waals surface area contributed by atoms with Gasteiger partial charge in [0.25, 0.3) is 5.56 Å². The van der Waals surface area contributed by atoms with Crippen molar-refractivity contribution in [3.63, 3.8) is 0 Å². The van der Waals surface area contributed by atoms with Gasteiger partial charge in [-0.15, -0.1) is 0 Å². The van der Waals surface area contributed by atoms with Crippen LogP contribution in [0.2, 0.25) is 0 Å². The minimum absolute atomic E-state index is 0.0439. The van der Waals surface area contributed by atoms with E-state index in [-0.39, 0.29) is 5.56 Å². The summed E-state index contributed by atoms with van der Waals surface area (Å²) in [5.41, 5.74) is 4.93. The molecule has 4 rings (SSSR count). The summed E-state index contributed by atoms with van der Waals surface area (Å²) in [7, 11) is 1.69. The molecule has 0 saturated heterocycles. The van der Waals surface area contributed by atoms with E-state index in [1.54, 1.807) is 11.7 Å². The standard InChI is InChI=1S/C24H28N4O2/c1-5-21-18(3)25-24-27(20-11-8-9-17(2)13-20)15-26(16-28(24)23(21)29)14-19-10-6-7-12-22(19)30-4/h6-13H,5,14-16H2,1-4H3. The normalized spacial score (nSPS) is 13.9. The summed E-state index contributed by atoms with van der Waals surface area (Å²) in [6, 6.07) is 16.3. The summed E-state index contributed by atoms with van der Waals surface area (Å²) in [6.45, 7) is 7.82. The zero-order valence-electron chi connectivity index (χ0n) is 18.1. The Kier molecular flexibility index (Phi) is 5.59. The number of hydrogen-bond acceptors (Lipinski definition) is 5. The van der Waals surface area contributed by atoms with Crippen LogP contribution in [0.4, 0.5) is 11.6 Å². The van der Waals surface area contributed by atoms with Crippen molar-refractivity contribution in [3.8, 4) is 5.75 Å². The molecule has 0 unspecified atom stereocenters. The maximum Gasteiger partial charge on any atom is 0.259 e. The first-order valence-corrected chi connectivity index (χ1v) is 10.3. The fraction of sp³-hybridized carbons (Fsp3) is 0.333. The summed E-state index contributed by atoms with van der Waals surface area (Å²) in [6.07, 6.45) is 0.675. The molecule has 1 aromatic heterocycles. The van der Waals surface area contributed by atoms with Gasteiger partial charge in [-0.1, -0.05) is 37.3 Å². The van der Waals surface area contributed by atoms with Gasteiger partial charge >= 0.3 is 0 Å². The lowest BCUT2D eigenvalue weighted by Crippen LogP contribution is -2.47. The van der Waals surface area contributed by atoms with Gasteiger partial charge in [0.1, 0.15) is 5.75 Å². The van der Waals surface area contributed by atoms with Crippen molar-refractivity contribution in [2.75, 3.05) is 18.7 Å². The lowest BCUT2D eigenvalue weighted by atomic mass is 10.1. The van der Waals surface area contributed by atoms with Crippen LogP contribution in [0.25, 0.3) is 0 Å². The Morgan fingerprint density at radius 1 is 1.07 bits per heavy atom. The quantitative estimate of drug-likeness (QED) is 0.643. The number of rotatable bonds is 5. The van der Waals surface area contributed by atoms with Gasteiger partial charge in [0.2, 0.25) is 5.95 Å². The minimum atomic E-state index is 0.0439. The molecule has 0 aliphatic carbocycles. The fourth-order valence-electron chi connectivity index (χ4n) is 4.10. The van der Waals surface area contributed by atoms with Crippen LogP contribution in [0.3, 0.4) is 0 Å². The third-order valence-electron chi connectivity index (χ3n) is 5.63. The van der Waals surface area contributed by atoms with Gasteiger partial charge in [0.05, 0.1) is 20.4 Å². The molecule has 0 saturated carbocycles. The molecule has 0 radical (unpaired) electrons. The first-order valence-electron chi connectivity index (χ1n) is 10.3. The van der Waals surface area contributed by atoms with E-state index < -0.39 is 0 Å². The van der Waals surface area contributed by atoms with Gasteiger partial charge in [0, 0.05) is 29.1 Å². The molecule has 0 atom stereocenters. The van der Waals surface area contributed by atoms with Crippen molar-refractivity contribution < 1.29 is 4.74 Å². The van der Waals surface area contributed by atoms with Crippen molar-refractivity contribution in [3.05, 3.63) is 81.3 Å². The average Bonchev–Trinajstić information content (AvgIpc) is 2.74. The van der Waals surface area contributed by atoms with Crippen LogP contribution in [0.1, 0.15) is 29.3 Å². The van der Waals surface area contributed by atoms with Crippen LogP contribution < -0.4 is 15.2 Å². The first kappa shape index (κ1) is 20.2. The molecule has 6 nitrogen and oxygen atoms in total. The van der Waals surface area contributed by atoms with E-state index in [4.69, 9.17) is 9.72 Å². The van der Waals surface area contributed by atoms with Gasteiger partial charge in [-0.2, -0.15) is 0 Å². The third kappa shape index (κ3) is 3.71. The Balaban J connectivity index is 1.80. The number of fused-ring (bicyclic) bond motifs is 1. The molecule has 0 fully saturated rings. The smallest absolute Gasteiger partial charge is 0.259 e. The second-order valence-electron chi connectivity index (χ2n) is 7.75. The lowest BCUT2D eigenvalue weighted by molar-refractivity contribution is 0.187. The molecule has 0 bridgehead atoms. The summed E-state index contributed by atoms with van der Waals surface area (Å²) in [4.78, 5) is 22.5. The molecule has 6 heteroatoms. The highest BCUT2D eigenvalue weighted by Gasteiger charge is 2.28. The molecule has 2 aromatic carbocycles. The number of benzene rings is 2. The van der Waals surface area contributed by atoms with E-state index in [0.717, 1.165) is 28.3 Å². The number of methoxy groups -OCH3 is 1. The number of aromatic nitrogens is 2. The van der Waals surface area contributed by atoms with E-state index >= 15 is 0 Å². The zero-order valence-corrected chi connectivity index (χ0v) is 18.1. The Morgan fingerprint density at radius 2 is 1.87 bits per heavy atom. The zero-order chi connectivity index (χ0) is 21.3. The average molecular weight is 405 g/mol. The molecule has 156 valence electrons. The number of para-hydroxylation sites is 1. The van der Waals surface area contributed by atoms with Gasteiger partial charge in [-0.3, -0.25) is 19.2 Å². The fourth-order valence-corrected chi connectivity index (χ4v) is 4.10. The summed E-state index contributed by atoms with van der Waals surface area (Å²) in [5.74, 6) is 1.56. The van der Waals surface area contributed by atoms with Crippen molar-refractivity contribution in [2.24, 2.45) is 0 Å². The van der Waals surface area contributed by atoms with Gasteiger partial charge in [-0.05, 0) is 44.0 Å². The molecular weight excluding hydrogens is 376 g/mol. The number of hydrogen-bond donors (Lipinski definition) is 0. The van der Waals surface area contributed by atoms with E-state index in [1.807, 2.05) is 38.1 Å². The van der Waals surface area contributed by atoms with Gasteiger partial charge in [-0.25, -0.2) is 4.98 Å². The van der Waals surface area contributed by atoms with Crippen LogP contribution in [-0.4, -0.2) is 28.2 Å². The molecule has 30 heavy (non-hydrogen) atoms. The van der Waals surface area contributed by atoms with Crippen LogP contribution in [0.15, 0.2) is 53.3 Å². The predicted octanol–water partition coefficient (Wildman–Crippen LogP) is 4.00. The Morgan fingerprint density at radius 3 is 2.60 bits per heavy atom. The highest BCUT2D eigenvalue weighted by atomic mass is 16.5. The maximum absolute atomic E-state index is 13.3. The molecule has 1 aliphatic heterocycles. The summed E-state index contributed by atoms with van der Waals surface area (Å²) >= 11 is 0. The van der Waals surface area contributed by atoms with Crippen molar-refractivity contribution >= 4 is 11.6 Å². The number of anilines is 2. The number of aryl methyl sites for hydroxylation is 2. The molecular formula is C24H28N4O2. The first-order chi connectivity index (χ1) is 14.5. The van der Waals surface area contributed by atoms with Crippen molar-refractivity contribution in [1.82, 2.24) is 14.5 Å². The lowest BCUT2D eigenvalue weighted by Gasteiger charge is -2.38. The SMILES string of the molecule is CCc1c(C)nc2n(c1=O)CN(Cc1ccccc1OC)CN2c1cccc(C)c1. The topological polar surface area (TPSA) is 50.6 Å². The van der Waals surface area contributed by atoms with Gasteiger partial charge in [0.15, 0.2) is 0 Å². The van der Waals surface area contributed by atoms with Crippen LogP contribution in [-0.2, 0) is 19.6 Å². The Bertz CT molecular complexity index is 1120. The van der Waals surface area contributed by atoms with E-state index in [2.05, 4.69) is 41.0 Å². The molecule has 0 amide bonds. The third-order valence-corrected chi connectivity index (χ3v) is 5.63. The Hall–Kier alpha value is -3.12. The van der Waals surface area contributed by atoms with E-state index in [0.29, 0.717) is 32.3 Å². The highest BCUT2D eigenvalue weighted by Crippen LogP contribution is 2.30. The maximum atomic E-state index is 13.3. The van der Waals surface area contributed by atoms with Crippen LogP contribution in [0.5, 0.6) is 5.75 Å². The largest absolute Gasteiger partial charge is 0.496 e. The van der Waals surface area contributed by atoms with E-state index in [9.17, 15) is 4.79 Å². The van der Waals surface area contributed by atoms with Crippen LogP contribution >= 0.6 is 0 Å². The molecule has 2 heterocycles. The minimum Gasteiger partial charge on any atom is -0.496 e.